The first-order chi connectivity index (χ1) is 7.00. The van der Waals surface area contributed by atoms with Gasteiger partial charge in [0.1, 0.15) is 5.58 Å². The Kier molecular flexibility index (Phi) is 2.14. The molecular weight excluding hydrogens is 188 g/mol. The summed E-state index contributed by atoms with van der Waals surface area (Å²) < 4.78 is 5.30. The van der Waals surface area contributed by atoms with Crippen molar-refractivity contribution >= 4 is 11.0 Å². The number of fused-ring (bicyclic) bond motifs is 1. The molecule has 1 aromatic heterocycles. The molecule has 0 bridgehead atoms. The highest BCUT2D eigenvalue weighted by Gasteiger charge is 2.09. The summed E-state index contributed by atoms with van der Waals surface area (Å²) in [4.78, 5) is 11.5. The van der Waals surface area contributed by atoms with E-state index in [1.165, 1.54) is 5.56 Å². The molecule has 78 valence electrons. The number of benzene rings is 1. The molecule has 2 rings (SSSR count). The van der Waals surface area contributed by atoms with Crippen LogP contribution in [0.15, 0.2) is 21.3 Å². The molecule has 2 heteroatoms. The molecule has 0 amide bonds. The average molecular weight is 202 g/mol. The summed E-state index contributed by atoms with van der Waals surface area (Å²) in [6.07, 6.45) is 0. The fraction of sp³-hybridized carbons (Fsp3) is 0.308. The van der Waals surface area contributed by atoms with Crippen molar-refractivity contribution in [1.29, 1.82) is 0 Å². The molecular formula is C13H14O2. The van der Waals surface area contributed by atoms with Crippen LogP contribution in [-0.2, 0) is 0 Å². The highest BCUT2D eigenvalue weighted by atomic mass is 16.4. The first kappa shape index (κ1) is 9.97. The normalized spacial score (nSPS) is 10.9. The van der Waals surface area contributed by atoms with Crippen LogP contribution in [0.4, 0.5) is 0 Å². The van der Waals surface area contributed by atoms with E-state index in [9.17, 15) is 4.79 Å². The number of hydrogen-bond donors (Lipinski definition) is 0. The van der Waals surface area contributed by atoms with Crippen LogP contribution in [-0.4, -0.2) is 0 Å². The minimum absolute atomic E-state index is 0.230. The van der Waals surface area contributed by atoms with E-state index in [4.69, 9.17) is 4.42 Å². The third kappa shape index (κ3) is 1.46. The molecule has 0 atom stereocenters. The van der Waals surface area contributed by atoms with Crippen LogP contribution in [0.5, 0.6) is 0 Å². The van der Waals surface area contributed by atoms with E-state index in [1.807, 2.05) is 26.8 Å². The largest absolute Gasteiger partial charge is 0.422 e. The van der Waals surface area contributed by atoms with Crippen LogP contribution >= 0.6 is 0 Å². The Morgan fingerprint density at radius 2 is 1.67 bits per heavy atom. The molecule has 0 spiro atoms. The third-order valence-electron chi connectivity index (χ3n) is 2.89. The molecule has 1 heterocycles. The molecule has 0 saturated heterocycles. The second-order valence-electron chi connectivity index (χ2n) is 4.10. The Morgan fingerprint density at radius 1 is 1.00 bits per heavy atom. The molecule has 0 N–H and O–H groups in total. The Hall–Kier alpha value is -1.57. The molecule has 1 aromatic carbocycles. The van der Waals surface area contributed by atoms with Gasteiger partial charge in [-0.2, -0.15) is 0 Å². The lowest BCUT2D eigenvalue weighted by molar-refractivity contribution is 0.551. The van der Waals surface area contributed by atoms with Crippen LogP contribution < -0.4 is 5.63 Å². The van der Waals surface area contributed by atoms with Crippen LogP contribution in [0.3, 0.4) is 0 Å². The third-order valence-corrected chi connectivity index (χ3v) is 2.89. The summed E-state index contributed by atoms with van der Waals surface area (Å²) in [6.45, 7) is 7.78. The SMILES string of the molecule is Cc1cc(C)c2oc(=O)c(C)c(C)c2c1. The molecule has 15 heavy (non-hydrogen) atoms. The Morgan fingerprint density at radius 3 is 2.33 bits per heavy atom. The molecule has 0 aliphatic rings. The van der Waals surface area contributed by atoms with Gasteiger partial charge in [-0.3, -0.25) is 0 Å². The van der Waals surface area contributed by atoms with Gasteiger partial charge < -0.3 is 4.42 Å². The van der Waals surface area contributed by atoms with Crippen molar-refractivity contribution in [2.45, 2.75) is 27.7 Å². The average Bonchev–Trinajstić information content (AvgIpc) is 2.17. The maximum Gasteiger partial charge on any atom is 0.339 e. The van der Waals surface area contributed by atoms with E-state index in [0.717, 1.165) is 16.5 Å². The second kappa shape index (κ2) is 3.23. The number of aryl methyl sites for hydroxylation is 3. The van der Waals surface area contributed by atoms with Crippen LogP contribution in [0.1, 0.15) is 22.3 Å². The predicted molar refractivity (Wildman–Crippen MR) is 61.4 cm³/mol. The summed E-state index contributed by atoms with van der Waals surface area (Å²) in [5, 5.41) is 1.05. The molecule has 0 fully saturated rings. The monoisotopic (exact) mass is 202 g/mol. The van der Waals surface area contributed by atoms with E-state index in [-0.39, 0.29) is 5.63 Å². The highest BCUT2D eigenvalue weighted by molar-refractivity contribution is 5.84. The minimum atomic E-state index is -0.230. The summed E-state index contributed by atoms with van der Waals surface area (Å²) in [5.74, 6) is 0. The Labute approximate surface area is 88.5 Å². The molecule has 0 aliphatic heterocycles. The molecule has 0 saturated carbocycles. The van der Waals surface area contributed by atoms with Crippen molar-refractivity contribution in [2.75, 3.05) is 0 Å². The predicted octanol–water partition coefficient (Wildman–Crippen LogP) is 3.03. The lowest BCUT2D eigenvalue weighted by Crippen LogP contribution is -2.06. The maximum atomic E-state index is 11.5. The van der Waals surface area contributed by atoms with E-state index in [1.54, 1.807) is 6.92 Å². The summed E-state index contributed by atoms with van der Waals surface area (Å²) in [6, 6.07) is 4.09. The van der Waals surface area contributed by atoms with Gasteiger partial charge in [-0.15, -0.1) is 0 Å². The number of hydrogen-bond acceptors (Lipinski definition) is 2. The molecule has 2 aromatic rings. The molecule has 2 nitrogen and oxygen atoms in total. The first-order valence-corrected chi connectivity index (χ1v) is 5.02. The van der Waals surface area contributed by atoms with Gasteiger partial charge in [0.15, 0.2) is 0 Å². The van der Waals surface area contributed by atoms with Crippen LogP contribution in [0, 0.1) is 27.7 Å². The maximum absolute atomic E-state index is 11.5. The zero-order valence-corrected chi connectivity index (χ0v) is 9.47. The standard InChI is InChI=1S/C13H14O2/c1-7-5-8(2)12-11(6-7)9(3)10(4)13(14)15-12/h5-6H,1-4H3. The van der Waals surface area contributed by atoms with E-state index >= 15 is 0 Å². The van der Waals surface area contributed by atoms with Crippen molar-refractivity contribution in [1.82, 2.24) is 0 Å². The van der Waals surface area contributed by atoms with Crippen molar-refractivity contribution in [3.63, 3.8) is 0 Å². The summed E-state index contributed by atoms with van der Waals surface area (Å²) in [5.41, 5.74) is 4.42. The highest BCUT2D eigenvalue weighted by Crippen LogP contribution is 2.23. The summed E-state index contributed by atoms with van der Waals surface area (Å²) in [7, 11) is 0. The Balaban J connectivity index is 3.05. The van der Waals surface area contributed by atoms with Crippen LogP contribution in [0.2, 0.25) is 0 Å². The van der Waals surface area contributed by atoms with E-state index in [0.29, 0.717) is 11.1 Å². The molecule has 0 unspecified atom stereocenters. The summed E-state index contributed by atoms with van der Waals surface area (Å²) >= 11 is 0. The van der Waals surface area contributed by atoms with Gasteiger partial charge in [-0.05, 0) is 50.5 Å². The van der Waals surface area contributed by atoms with Crippen molar-refractivity contribution in [3.05, 3.63) is 44.8 Å². The zero-order chi connectivity index (χ0) is 11.2. The van der Waals surface area contributed by atoms with Gasteiger partial charge in [0.2, 0.25) is 0 Å². The zero-order valence-electron chi connectivity index (χ0n) is 9.47. The van der Waals surface area contributed by atoms with Gasteiger partial charge in [-0.25, -0.2) is 4.79 Å². The van der Waals surface area contributed by atoms with E-state index < -0.39 is 0 Å². The quantitative estimate of drug-likeness (QED) is 0.615. The van der Waals surface area contributed by atoms with Gasteiger partial charge >= 0.3 is 5.63 Å². The lowest BCUT2D eigenvalue weighted by atomic mass is 10.0. The van der Waals surface area contributed by atoms with Gasteiger partial charge in [0, 0.05) is 10.9 Å². The second-order valence-corrected chi connectivity index (χ2v) is 4.10. The fourth-order valence-corrected chi connectivity index (χ4v) is 1.89. The first-order valence-electron chi connectivity index (χ1n) is 5.02. The van der Waals surface area contributed by atoms with Crippen molar-refractivity contribution in [2.24, 2.45) is 0 Å². The Bertz CT molecular complexity index is 591. The topological polar surface area (TPSA) is 30.2 Å². The van der Waals surface area contributed by atoms with E-state index in [2.05, 4.69) is 6.07 Å². The van der Waals surface area contributed by atoms with Gasteiger partial charge in [0.05, 0.1) is 0 Å². The van der Waals surface area contributed by atoms with Gasteiger partial charge in [-0.1, -0.05) is 6.07 Å². The van der Waals surface area contributed by atoms with Crippen molar-refractivity contribution in [3.8, 4) is 0 Å². The fourth-order valence-electron chi connectivity index (χ4n) is 1.89. The lowest BCUT2D eigenvalue weighted by Gasteiger charge is -2.07. The number of rotatable bonds is 0. The molecule has 0 aliphatic carbocycles. The van der Waals surface area contributed by atoms with Gasteiger partial charge in [0.25, 0.3) is 0 Å². The van der Waals surface area contributed by atoms with Crippen molar-refractivity contribution < 1.29 is 4.42 Å². The smallest absolute Gasteiger partial charge is 0.339 e. The molecule has 0 radical (unpaired) electrons. The van der Waals surface area contributed by atoms with Crippen LogP contribution in [0.25, 0.3) is 11.0 Å². The minimum Gasteiger partial charge on any atom is -0.422 e.